The van der Waals surface area contributed by atoms with Crippen molar-refractivity contribution in [3.63, 3.8) is 0 Å². The molecule has 114 valence electrons. The molecule has 0 saturated carbocycles. The topological polar surface area (TPSA) is 43.4 Å². The first-order valence-corrected chi connectivity index (χ1v) is 7.63. The third-order valence-corrected chi connectivity index (χ3v) is 3.96. The van der Waals surface area contributed by atoms with Crippen molar-refractivity contribution in [1.29, 1.82) is 0 Å². The SMILES string of the molecule is O=S(=O)(OC1=CC(/C=C/c2ccccc2)CC1)C(F)(F)F. The Morgan fingerprint density at radius 1 is 1.19 bits per heavy atom. The molecule has 1 atom stereocenters. The lowest BCUT2D eigenvalue weighted by Crippen LogP contribution is -2.25. The fourth-order valence-electron chi connectivity index (χ4n) is 1.92. The number of hydrogen-bond donors (Lipinski definition) is 0. The molecule has 0 N–H and O–H groups in total. The second kappa shape index (κ2) is 5.93. The van der Waals surface area contributed by atoms with Gasteiger partial charge in [-0.05, 0) is 24.0 Å². The zero-order valence-corrected chi connectivity index (χ0v) is 11.7. The molecule has 1 aliphatic rings. The van der Waals surface area contributed by atoms with Gasteiger partial charge >= 0.3 is 15.6 Å². The van der Waals surface area contributed by atoms with Gasteiger partial charge in [-0.3, -0.25) is 0 Å². The zero-order valence-electron chi connectivity index (χ0n) is 10.9. The largest absolute Gasteiger partial charge is 0.534 e. The summed E-state index contributed by atoms with van der Waals surface area (Å²) < 4.78 is 62.5. The minimum absolute atomic E-state index is 0.136. The highest BCUT2D eigenvalue weighted by Gasteiger charge is 2.49. The van der Waals surface area contributed by atoms with Crippen LogP contribution in [0.2, 0.25) is 0 Å². The maximum Gasteiger partial charge on any atom is 0.534 e. The van der Waals surface area contributed by atoms with E-state index in [1.54, 1.807) is 0 Å². The molecule has 7 heteroatoms. The van der Waals surface area contributed by atoms with Crippen molar-refractivity contribution in [2.45, 2.75) is 18.3 Å². The Labute approximate surface area is 120 Å². The lowest BCUT2D eigenvalue weighted by atomic mass is 10.1. The Balaban J connectivity index is 2.02. The van der Waals surface area contributed by atoms with Crippen LogP contribution < -0.4 is 0 Å². The number of hydrogen-bond acceptors (Lipinski definition) is 3. The fraction of sp³-hybridized carbons (Fsp3) is 0.286. The van der Waals surface area contributed by atoms with Gasteiger partial charge < -0.3 is 4.18 Å². The fourth-order valence-corrected chi connectivity index (χ4v) is 2.44. The highest BCUT2D eigenvalue weighted by molar-refractivity contribution is 7.87. The number of benzene rings is 1. The molecule has 0 fully saturated rings. The summed E-state index contributed by atoms with van der Waals surface area (Å²) >= 11 is 0. The summed E-state index contributed by atoms with van der Waals surface area (Å²) in [5.41, 5.74) is -4.44. The molecular weight excluding hydrogens is 305 g/mol. The summed E-state index contributed by atoms with van der Waals surface area (Å²) in [6, 6.07) is 9.39. The van der Waals surface area contributed by atoms with Crippen LogP contribution in [0.5, 0.6) is 0 Å². The van der Waals surface area contributed by atoms with Crippen LogP contribution in [0.3, 0.4) is 0 Å². The summed E-state index contributed by atoms with van der Waals surface area (Å²) in [6.07, 6.45) is 5.74. The second-order valence-corrected chi connectivity index (χ2v) is 6.13. The van der Waals surface area contributed by atoms with E-state index >= 15 is 0 Å². The van der Waals surface area contributed by atoms with Gasteiger partial charge in [0.2, 0.25) is 0 Å². The summed E-state index contributed by atoms with van der Waals surface area (Å²) in [7, 11) is -5.56. The lowest BCUT2D eigenvalue weighted by molar-refractivity contribution is -0.0522. The van der Waals surface area contributed by atoms with Crippen molar-refractivity contribution >= 4 is 16.2 Å². The molecule has 3 nitrogen and oxygen atoms in total. The second-order valence-electron chi connectivity index (χ2n) is 4.59. The molecule has 1 aromatic rings. The van der Waals surface area contributed by atoms with E-state index in [4.69, 9.17) is 0 Å². The third kappa shape index (κ3) is 4.10. The highest BCUT2D eigenvalue weighted by atomic mass is 32.2. The van der Waals surface area contributed by atoms with Gasteiger partial charge in [-0.2, -0.15) is 21.6 Å². The standard InChI is InChI=1S/C14H13F3O3S/c15-14(16,17)21(18,19)20-13-9-8-12(10-13)7-6-11-4-2-1-3-5-11/h1-7,10,12H,8-9H2/b7-6+. The maximum absolute atomic E-state index is 12.2. The molecule has 0 aliphatic heterocycles. The average molecular weight is 318 g/mol. The number of halogens is 3. The van der Waals surface area contributed by atoms with Crippen LogP contribution in [0.4, 0.5) is 13.2 Å². The van der Waals surface area contributed by atoms with Crippen molar-refractivity contribution in [1.82, 2.24) is 0 Å². The van der Waals surface area contributed by atoms with Crippen molar-refractivity contribution in [2.75, 3.05) is 0 Å². The molecule has 0 radical (unpaired) electrons. The van der Waals surface area contributed by atoms with E-state index in [0.717, 1.165) is 5.56 Å². The zero-order chi connectivity index (χ0) is 15.5. The first-order chi connectivity index (χ1) is 9.78. The van der Waals surface area contributed by atoms with Gasteiger partial charge in [0, 0.05) is 6.42 Å². The van der Waals surface area contributed by atoms with Gasteiger partial charge in [-0.25, -0.2) is 0 Å². The minimum atomic E-state index is -5.56. The summed E-state index contributed by atoms with van der Waals surface area (Å²) in [5.74, 6) is -0.293. The number of rotatable bonds is 4. The molecule has 0 aromatic heterocycles. The minimum Gasteiger partial charge on any atom is -0.381 e. The summed E-state index contributed by atoms with van der Waals surface area (Å²) in [6.45, 7) is 0. The predicted octanol–water partition coefficient (Wildman–Crippen LogP) is 3.86. The highest BCUT2D eigenvalue weighted by Crippen LogP contribution is 2.32. The quantitative estimate of drug-likeness (QED) is 0.625. The Kier molecular flexibility index (Phi) is 4.41. The summed E-state index contributed by atoms with van der Waals surface area (Å²) in [4.78, 5) is 0. The van der Waals surface area contributed by atoms with Gasteiger partial charge in [-0.1, -0.05) is 42.5 Å². The Bertz CT molecular complexity index is 646. The molecule has 0 heterocycles. The first kappa shape index (κ1) is 15.6. The van der Waals surface area contributed by atoms with E-state index in [1.807, 2.05) is 42.5 Å². The molecule has 1 unspecified atom stereocenters. The number of alkyl halides is 3. The van der Waals surface area contributed by atoms with Crippen LogP contribution in [-0.2, 0) is 14.3 Å². The Morgan fingerprint density at radius 3 is 2.48 bits per heavy atom. The normalized spacial score (nSPS) is 19.8. The van der Waals surface area contributed by atoms with Gasteiger partial charge in [0.15, 0.2) is 0 Å². The predicted molar refractivity (Wildman–Crippen MR) is 72.3 cm³/mol. The average Bonchev–Trinajstić information content (AvgIpc) is 2.83. The van der Waals surface area contributed by atoms with Crippen LogP contribution in [0.25, 0.3) is 6.08 Å². The molecule has 0 spiro atoms. The first-order valence-electron chi connectivity index (χ1n) is 6.23. The summed E-state index contributed by atoms with van der Waals surface area (Å²) in [5, 5.41) is 0. The Morgan fingerprint density at radius 2 is 1.86 bits per heavy atom. The van der Waals surface area contributed by atoms with E-state index in [2.05, 4.69) is 4.18 Å². The van der Waals surface area contributed by atoms with Crippen molar-refractivity contribution in [2.24, 2.45) is 5.92 Å². The molecule has 1 aliphatic carbocycles. The third-order valence-electron chi connectivity index (χ3n) is 2.96. The van der Waals surface area contributed by atoms with Crippen LogP contribution >= 0.6 is 0 Å². The van der Waals surface area contributed by atoms with Crippen molar-refractivity contribution in [3.05, 3.63) is 53.8 Å². The molecule has 0 bridgehead atoms. The van der Waals surface area contributed by atoms with Crippen LogP contribution in [0, 0.1) is 5.92 Å². The van der Waals surface area contributed by atoms with E-state index in [0.29, 0.717) is 6.42 Å². The van der Waals surface area contributed by atoms with Gasteiger partial charge in [-0.15, -0.1) is 0 Å². The lowest BCUT2D eigenvalue weighted by Gasteiger charge is -2.09. The van der Waals surface area contributed by atoms with Gasteiger partial charge in [0.25, 0.3) is 0 Å². The van der Waals surface area contributed by atoms with Crippen LogP contribution in [-0.4, -0.2) is 13.9 Å². The smallest absolute Gasteiger partial charge is 0.381 e. The van der Waals surface area contributed by atoms with Gasteiger partial charge in [0.1, 0.15) is 5.76 Å². The van der Waals surface area contributed by atoms with Crippen molar-refractivity contribution < 1.29 is 25.8 Å². The van der Waals surface area contributed by atoms with Crippen LogP contribution in [0.15, 0.2) is 48.2 Å². The van der Waals surface area contributed by atoms with Crippen LogP contribution in [0.1, 0.15) is 18.4 Å². The monoisotopic (exact) mass is 318 g/mol. The van der Waals surface area contributed by atoms with Crippen molar-refractivity contribution in [3.8, 4) is 0 Å². The van der Waals surface area contributed by atoms with E-state index < -0.39 is 15.6 Å². The van der Waals surface area contributed by atoms with E-state index in [1.165, 1.54) is 6.08 Å². The number of allylic oxidation sites excluding steroid dienone is 3. The van der Waals surface area contributed by atoms with E-state index in [9.17, 15) is 21.6 Å². The molecule has 0 saturated heterocycles. The van der Waals surface area contributed by atoms with Gasteiger partial charge in [0.05, 0.1) is 0 Å². The maximum atomic E-state index is 12.2. The van der Waals surface area contributed by atoms with E-state index in [-0.39, 0.29) is 18.1 Å². The molecular formula is C14H13F3O3S. The molecule has 0 amide bonds. The Hall–Kier alpha value is -1.76. The molecule has 2 rings (SSSR count). The molecule has 1 aromatic carbocycles. The molecule has 21 heavy (non-hydrogen) atoms.